The lowest BCUT2D eigenvalue weighted by atomic mass is 9.83. The van der Waals surface area contributed by atoms with Crippen molar-refractivity contribution < 1.29 is 4.79 Å². The molecular weight excluding hydrogens is 276 g/mol. The fourth-order valence-corrected chi connectivity index (χ4v) is 3.17. The SMILES string of the molecule is CN1N=C(N)/C(=C\C=C2/N(C)c3ccccc3C2(C)C)C1=O. The number of para-hydroxylation sites is 1. The van der Waals surface area contributed by atoms with Gasteiger partial charge in [-0.25, -0.2) is 5.01 Å². The molecule has 0 unspecified atom stereocenters. The van der Waals surface area contributed by atoms with Crippen LogP contribution in [-0.4, -0.2) is 30.8 Å². The number of amidine groups is 1. The van der Waals surface area contributed by atoms with Crippen LogP contribution in [0.2, 0.25) is 0 Å². The zero-order valence-corrected chi connectivity index (χ0v) is 13.3. The van der Waals surface area contributed by atoms with Gasteiger partial charge in [-0.1, -0.05) is 32.0 Å². The normalized spacial score (nSPS) is 23.5. The Morgan fingerprint density at radius 3 is 2.45 bits per heavy atom. The molecule has 1 aromatic rings. The lowest BCUT2D eigenvalue weighted by Crippen LogP contribution is -2.23. The Kier molecular flexibility index (Phi) is 3.09. The fourth-order valence-electron chi connectivity index (χ4n) is 3.17. The van der Waals surface area contributed by atoms with Crippen LogP contribution in [0.4, 0.5) is 5.69 Å². The maximum atomic E-state index is 12.0. The van der Waals surface area contributed by atoms with Crippen molar-refractivity contribution >= 4 is 17.4 Å². The maximum absolute atomic E-state index is 12.0. The molecule has 0 bridgehead atoms. The first kappa shape index (κ1) is 14.4. The predicted molar refractivity (Wildman–Crippen MR) is 88.4 cm³/mol. The van der Waals surface area contributed by atoms with Gasteiger partial charge in [-0.05, 0) is 23.8 Å². The van der Waals surface area contributed by atoms with Crippen LogP contribution in [0, 0.1) is 0 Å². The van der Waals surface area contributed by atoms with E-state index in [1.54, 1.807) is 13.1 Å². The van der Waals surface area contributed by atoms with Gasteiger partial charge in [0.25, 0.3) is 5.91 Å². The Morgan fingerprint density at radius 2 is 1.86 bits per heavy atom. The second-order valence-corrected chi connectivity index (χ2v) is 6.15. The molecule has 1 aromatic carbocycles. The molecule has 2 aliphatic heterocycles. The van der Waals surface area contributed by atoms with Crippen LogP contribution >= 0.6 is 0 Å². The van der Waals surface area contributed by atoms with Gasteiger partial charge >= 0.3 is 0 Å². The van der Waals surface area contributed by atoms with Gasteiger partial charge in [0.2, 0.25) is 0 Å². The van der Waals surface area contributed by atoms with E-state index >= 15 is 0 Å². The standard InChI is InChI=1S/C17H20N4O/c1-17(2)12-7-5-6-8-13(12)20(3)14(17)10-9-11-15(18)19-21(4)16(11)22/h5-10H,1-4H3,(H2,18,19)/b11-9+,14-10-. The van der Waals surface area contributed by atoms with Crippen molar-refractivity contribution in [2.24, 2.45) is 10.8 Å². The molecule has 0 aromatic heterocycles. The highest BCUT2D eigenvalue weighted by atomic mass is 16.2. The molecule has 1 amide bonds. The Morgan fingerprint density at radius 1 is 1.18 bits per heavy atom. The van der Waals surface area contributed by atoms with E-state index in [9.17, 15) is 4.79 Å². The van der Waals surface area contributed by atoms with Crippen molar-refractivity contribution in [3.8, 4) is 0 Å². The molecule has 0 spiro atoms. The highest BCUT2D eigenvalue weighted by molar-refractivity contribution is 6.23. The summed E-state index contributed by atoms with van der Waals surface area (Å²) in [7, 11) is 3.64. The monoisotopic (exact) mass is 296 g/mol. The summed E-state index contributed by atoms with van der Waals surface area (Å²) >= 11 is 0. The number of fused-ring (bicyclic) bond motifs is 1. The summed E-state index contributed by atoms with van der Waals surface area (Å²) in [6.45, 7) is 4.36. The number of allylic oxidation sites excluding steroid dienone is 3. The summed E-state index contributed by atoms with van der Waals surface area (Å²) in [4.78, 5) is 14.2. The van der Waals surface area contributed by atoms with Crippen LogP contribution in [0.15, 0.2) is 52.8 Å². The number of carbonyl (C=O) groups is 1. The van der Waals surface area contributed by atoms with Crippen molar-refractivity contribution in [2.45, 2.75) is 19.3 Å². The summed E-state index contributed by atoms with van der Waals surface area (Å²) in [6.07, 6.45) is 3.74. The third-order valence-corrected chi connectivity index (χ3v) is 4.41. The molecule has 5 nitrogen and oxygen atoms in total. The molecular formula is C17H20N4O. The smallest absolute Gasteiger partial charge is 0.277 e. The number of benzene rings is 1. The van der Waals surface area contributed by atoms with Crippen LogP contribution in [0.3, 0.4) is 0 Å². The van der Waals surface area contributed by atoms with Crippen molar-refractivity contribution in [1.29, 1.82) is 0 Å². The van der Waals surface area contributed by atoms with E-state index in [1.807, 2.05) is 19.2 Å². The number of carbonyl (C=O) groups excluding carboxylic acids is 1. The zero-order chi connectivity index (χ0) is 16.1. The van der Waals surface area contributed by atoms with Gasteiger partial charge in [-0.3, -0.25) is 4.79 Å². The molecule has 2 N–H and O–H groups in total. The first-order valence-corrected chi connectivity index (χ1v) is 7.22. The minimum atomic E-state index is -0.176. The second kappa shape index (κ2) is 4.73. The van der Waals surface area contributed by atoms with Crippen molar-refractivity contribution in [2.75, 3.05) is 19.0 Å². The van der Waals surface area contributed by atoms with E-state index in [-0.39, 0.29) is 17.2 Å². The second-order valence-electron chi connectivity index (χ2n) is 6.15. The van der Waals surface area contributed by atoms with Crippen molar-refractivity contribution in [3.05, 3.63) is 53.3 Å². The Hall–Kier alpha value is -2.56. The number of rotatable bonds is 1. The minimum absolute atomic E-state index is 0.123. The summed E-state index contributed by atoms with van der Waals surface area (Å²) < 4.78 is 0. The lowest BCUT2D eigenvalue weighted by molar-refractivity contribution is -0.124. The van der Waals surface area contributed by atoms with E-state index in [0.29, 0.717) is 5.57 Å². The quantitative estimate of drug-likeness (QED) is 0.806. The molecule has 2 aliphatic rings. The number of nitrogens with zero attached hydrogens (tertiary/aromatic N) is 3. The number of amides is 1. The average Bonchev–Trinajstić information content (AvgIpc) is 2.83. The first-order valence-electron chi connectivity index (χ1n) is 7.22. The number of hydrazone groups is 1. The van der Waals surface area contributed by atoms with Gasteiger partial charge in [-0.2, -0.15) is 5.10 Å². The van der Waals surface area contributed by atoms with Crippen LogP contribution in [0.5, 0.6) is 0 Å². The molecule has 22 heavy (non-hydrogen) atoms. The van der Waals surface area contributed by atoms with Gasteiger partial charge < -0.3 is 10.6 Å². The molecule has 0 fully saturated rings. The average molecular weight is 296 g/mol. The molecule has 0 radical (unpaired) electrons. The van der Waals surface area contributed by atoms with Crippen LogP contribution < -0.4 is 10.6 Å². The van der Waals surface area contributed by atoms with Crippen LogP contribution in [0.1, 0.15) is 19.4 Å². The molecule has 114 valence electrons. The van der Waals surface area contributed by atoms with Gasteiger partial charge in [-0.15, -0.1) is 0 Å². The summed E-state index contributed by atoms with van der Waals surface area (Å²) in [5, 5.41) is 5.22. The lowest BCUT2D eigenvalue weighted by Gasteiger charge is -2.23. The molecule has 3 rings (SSSR count). The molecule has 2 heterocycles. The zero-order valence-electron chi connectivity index (χ0n) is 13.3. The maximum Gasteiger partial charge on any atom is 0.277 e. The Balaban J connectivity index is 2.04. The number of nitrogens with two attached hydrogens (primary N) is 1. The topological polar surface area (TPSA) is 61.9 Å². The minimum Gasteiger partial charge on any atom is -0.382 e. The van der Waals surface area contributed by atoms with Gasteiger partial charge in [0, 0.05) is 30.9 Å². The van der Waals surface area contributed by atoms with Crippen LogP contribution in [0.25, 0.3) is 0 Å². The third kappa shape index (κ3) is 1.93. The van der Waals surface area contributed by atoms with E-state index in [0.717, 1.165) is 5.70 Å². The van der Waals surface area contributed by atoms with Gasteiger partial charge in [0.1, 0.15) is 0 Å². The van der Waals surface area contributed by atoms with Gasteiger partial charge in [0.05, 0.1) is 5.57 Å². The molecule has 5 heteroatoms. The summed E-state index contributed by atoms with van der Waals surface area (Å²) in [6, 6.07) is 8.34. The number of anilines is 1. The molecule has 0 atom stereocenters. The largest absolute Gasteiger partial charge is 0.382 e. The Bertz CT molecular complexity index is 743. The predicted octanol–water partition coefficient (Wildman–Crippen LogP) is 1.97. The third-order valence-electron chi connectivity index (χ3n) is 4.41. The van der Waals surface area contributed by atoms with Crippen molar-refractivity contribution in [1.82, 2.24) is 5.01 Å². The van der Waals surface area contributed by atoms with Crippen LogP contribution in [-0.2, 0) is 10.2 Å². The Labute approximate surface area is 130 Å². The van der Waals surface area contributed by atoms with E-state index in [2.05, 4.69) is 42.0 Å². The van der Waals surface area contributed by atoms with E-state index in [4.69, 9.17) is 5.73 Å². The fraction of sp³-hybridized carbons (Fsp3) is 0.294. The summed E-state index contributed by atoms with van der Waals surface area (Å²) in [5.41, 5.74) is 9.71. The number of hydrogen-bond acceptors (Lipinski definition) is 4. The summed E-state index contributed by atoms with van der Waals surface area (Å²) in [5.74, 6) is 0.0886. The first-order chi connectivity index (χ1) is 10.3. The highest BCUT2D eigenvalue weighted by Gasteiger charge is 2.38. The molecule has 0 saturated carbocycles. The molecule has 0 saturated heterocycles. The number of hydrogen-bond donors (Lipinski definition) is 1. The van der Waals surface area contributed by atoms with E-state index in [1.165, 1.54) is 16.3 Å². The molecule has 0 aliphatic carbocycles. The van der Waals surface area contributed by atoms with Gasteiger partial charge in [0.15, 0.2) is 5.84 Å². The van der Waals surface area contributed by atoms with Crippen molar-refractivity contribution in [3.63, 3.8) is 0 Å². The van der Waals surface area contributed by atoms with E-state index < -0.39 is 0 Å². The number of likely N-dealkylation sites (N-methyl/N-ethyl adjacent to an activating group) is 2. The highest BCUT2D eigenvalue weighted by Crippen LogP contribution is 2.46.